The third kappa shape index (κ3) is 4.62. The SMILES string of the molecule is CC(/C=C/C1=C(C)CCCC1(C)C)=NNC(=O)c1ccncc1. The van der Waals surface area contributed by atoms with Gasteiger partial charge in [0.2, 0.25) is 0 Å². The van der Waals surface area contributed by atoms with E-state index in [0.29, 0.717) is 5.56 Å². The van der Waals surface area contributed by atoms with Crippen molar-refractivity contribution in [1.82, 2.24) is 10.4 Å². The predicted molar refractivity (Wildman–Crippen MR) is 94.3 cm³/mol. The van der Waals surface area contributed by atoms with E-state index in [9.17, 15) is 4.79 Å². The fourth-order valence-corrected chi connectivity index (χ4v) is 2.96. The van der Waals surface area contributed by atoms with Gasteiger partial charge in [0.05, 0.1) is 5.71 Å². The summed E-state index contributed by atoms with van der Waals surface area (Å²) in [5.41, 5.74) is 6.94. The van der Waals surface area contributed by atoms with Crippen molar-refractivity contribution in [1.29, 1.82) is 0 Å². The van der Waals surface area contributed by atoms with E-state index in [-0.39, 0.29) is 11.3 Å². The van der Waals surface area contributed by atoms with Gasteiger partial charge in [-0.15, -0.1) is 0 Å². The van der Waals surface area contributed by atoms with E-state index < -0.39 is 0 Å². The van der Waals surface area contributed by atoms with Gasteiger partial charge in [0, 0.05) is 18.0 Å². The summed E-state index contributed by atoms with van der Waals surface area (Å²) in [5, 5.41) is 4.14. The number of aromatic nitrogens is 1. The first-order chi connectivity index (χ1) is 10.9. The van der Waals surface area contributed by atoms with Gasteiger partial charge in [-0.2, -0.15) is 5.10 Å². The van der Waals surface area contributed by atoms with Gasteiger partial charge in [-0.3, -0.25) is 9.78 Å². The topological polar surface area (TPSA) is 54.4 Å². The number of rotatable bonds is 4. The fourth-order valence-electron chi connectivity index (χ4n) is 2.96. The van der Waals surface area contributed by atoms with Crippen LogP contribution in [0.5, 0.6) is 0 Å². The Bertz CT molecular complexity index is 654. The minimum Gasteiger partial charge on any atom is -0.267 e. The van der Waals surface area contributed by atoms with Gasteiger partial charge in [-0.05, 0) is 62.3 Å². The molecule has 1 aliphatic rings. The van der Waals surface area contributed by atoms with Crippen LogP contribution >= 0.6 is 0 Å². The van der Waals surface area contributed by atoms with Crippen LogP contribution in [-0.4, -0.2) is 16.6 Å². The summed E-state index contributed by atoms with van der Waals surface area (Å²) in [6.07, 6.45) is 10.9. The van der Waals surface area contributed by atoms with Crippen LogP contribution in [0.15, 0.2) is 52.9 Å². The highest BCUT2D eigenvalue weighted by atomic mass is 16.2. The first-order valence-electron chi connectivity index (χ1n) is 8.03. The molecule has 0 unspecified atom stereocenters. The second-order valence-corrected chi connectivity index (χ2v) is 6.69. The van der Waals surface area contributed by atoms with Gasteiger partial charge in [-0.1, -0.05) is 25.5 Å². The molecule has 23 heavy (non-hydrogen) atoms. The molecule has 1 amide bonds. The number of carbonyl (C=O) groups excluding carboxylic acids is 1. The molecule has 0 saturated heterocycles. The molecule has 0 aromatic carbocycles. The number of hydrogen-bond donors (Lipinski definition) is 1. The highest BCUT2D eigenvalue weighted by Crippen LogP contribution is 2.40. The Labute approximate surface area is 138 Å². The largest absolute Gasteiger partial charge is 0.271 e. The lowest BCUT2D eigenvalue weighted by atomic mass is 9.72. The third-order valence-corrected chi connectivity index (χ3v) is 4.31. The number of amides is 1. The predicted octanol–water partition coefficient (Wildman–Crippen LogP) is 4.27. The molecule has 4 nitrogen and oxygen atoms in total. The van der Waals surface area contributed by atoms with Crippen molar-refractivity contribution in [3.05, 3.63) is 53.4 Å². The minimum atomic E-state index is -0.228. The number of hydrazone groups is 1. The maximum absolute atomic E-state index is 11.9. The van der Waals surface area contributed by atoms with Crippen molar-refractivity contribution in [2.75, 3.05) is 0 Å². The monoisotopic (exact) mass is 311 g/mol. The summed E-state index contributed by atoms with van der Waals surface area (Å²) in [6, 6.07) is 3.32. The number of nitrogens with zero attached hydrogens (tertiary/aromatic N) is 2. The molecule has 122 valence electrons. The molecule has 2 rings (SSSR count). The molecule has 0 saturated carbocycles. The molecular formula is C19H25N3O. The molecule has 1 aromatic rings. The minimum absolute atomic E-state index is 0.208. The zero-order valence-electron chi connectivity index (χ0n) is 14.4. The lowest BCUT2D eigenvalue weighted by Gasteiger charge is -2.32. The molecule has 0 bridgehead atoms. The van der Waals surface area contributed by atoms with Gasteiger partial charge >= 0.3 is 0 Å². The van der Waals surface area contributed by atoms with Gasteiger partial charge in [0.15, 0.2) is 0 Å². The zero-order chi connectivity index (χ0) is 16.9. The maximum Gasteiger partial charge on any atom is 0.271 e. The number of pyridine rings is 1. The van der Waals surface area contributed by atoms with E-state index in [0.717, 1.165) is 12.1 Å². The molecule has 1 heterocycles. The van der Waals surface area contributed by atoms with Crippen LogP contribution in [0, 0.1) is 5.41 Å². The second-order valence-electron chi connectivity index (χ2n) is 6.69. The number of carbonyl (C=O) groups is 1. The van der Waals surface area contributed by atoms with Crippen molar-refractivity contribution in [2.24, 2.45) is 10.5 Å². The Balaban J connectivity index is 2.03. The molecular weight excluding hydrogens is 286 g/mol. The third-order valence-electron chi connectivity index (χ3n) is 4.31. The van der Waals surface area contributed by atoms with Crippen molar-refractivity contribution in [3.8, 4) is 0 Å². The van der Waals surface area contributed by atoms with Gasteiger partial charge in [0.1, 0.15) is 0 Å². The standard InChI is InChI=1S/C19H25N3O/c1-14-6-5-11-19(3,4)17(14)8-7-15(2)21-22-18(23)16-9-12-20-13-10-16/h7-10,12-13H,5-6,11H2,1-4H3,(H,22,23)/b8-7+,21-15?. The number of hydrogen-bond acceptors (Lipinski definition) is 3. The Morgan fingerprint density at radius 1 is 1.35 bits per heavy atom. The van der Waals surface area contributed by atoms with Crippen LogP contribution in [0.25, 0.3) is 0 Å². The molecule has 0 radical (unpaired) electrons. The van der Waals surface area contributed by atoms with Crippen molar-refractivity contribution >= 4 is 11.6 Å². The van der Waals surface area contributed by atoms with E-state index in [4.69, 9.17) is 0 Å². The average Bonchev–Trinajstić information content (AvgIpc) is 2.52. The van der Waals surface area contributed by atoms with E-state index in [1.165, 1.54) is 24.0 Å². The van der Waals surface area contributed by atoms with Crippen LogP contribution in [0.3, 0.4) is 0 Å². The van der Waals surface area contributed by atoms with E-state index in [1.54, 1.807) is 24.5 Å². The molecule has 1 N–H and O–H groups in total. The summed E-state index contributed by atoms with van der Waals surface area (Å²) < 4.78 is 0. The Hall–Kier alpha value is -2.23. The maximum atomic E-state index is 11.9. The summed E-state index contributed by atoms with van der Waals surface area (Å²) in [7, 11) is 0. The summed E-state index contributed by atoms with van der Waals surface area (Å²) >= 11 is 0. The lowest BCUT2D eigenvalue weighted by molar-refractivity contribution is 0.0954. The van der Waals surface area contributed by atoms with E-state index in [1.807, 2.05) is 13.0 Å². The number of nitrogens with one attached hydrogen (secondary N) is 1. The van der Waals surface area contributed by atoms with Crippen molar-refractivity contribution < 1.29 is 4.79 Å². The molecule has 0 fully saturated rings. The normalized spacial score (nSPS) is 18.3. The summed E-state index contributed by atoms with van der Waals surface area (Å²) in [6.45, 7) is 8.66. The van der Waals surface area contributed by atoms with Crippen LogP contribution < -0.4 is 5.43 Å². The molecule has 0 aliphatic heterocycles. The summed E-state index contributed by atoms with van der Waals surface area (Å²) in [4.78, 5) is 15.8. The molecule has 1 aromatic heterocycles. The first kappa shape index (κ1) is 17.1. The van der Waals surface area contributed by atoms with Crippen LogP contribution in [0.2, 0.25) is 0 Å². The highest BCUT2D eigenvalue weighted by molar-refractivity contribution is 5.97. The Morgan fingerprint density at radius 2 is 2.04 bits per heavy atom. The second kappa shape index (κ2) is 7.36. The summed E-state index contributed by atoms with van der Waals surface area (Å²) in [5.74, 6) is -0.228. The van der Waals surface area contributed by atoms with Crippen LogP contribution in [0.1, 0.15) is 57.3 Å². The van der Waals surface area contributed by atoms with Gasteiger partial charge < -0.3 is 0 Å². The molecule has 0 spiro atoms. The molecule has 4 heteroatoms. The van der Waals surface area contributed by atoms with Crippen molar-refractivity contribution in [3.63, 3.8) is 0 Å². The fraction of sp³-hybridized carbons (Fsp3) is 0.421. The first-order valence-corrected chi connectivity index (χ1v) is 8.03. The molecule has 0 atom stereocenters. The smallest absolute Gasteiger partial charge is 0.267 e. The lowest BCUT2D eigenvalue weighted by Crippen LogP contribution is -2.20. The highest BCUT2D eigenvalue weighted by Gasteiger charge is 2.26. The van der Waals surface area contributed by atoms with E-state index >= 15 is 0 Å². The van der Waals surface area contributed by atoms with Gasteiger partial charge in [-0.25, -0.2) is 5.43 Å². The number of allylic oxidation sites excluding steroid dienone is 4. The van der Waals surface area contributed by atoms with E-state index in [2.05, 4.69) is 42.4 Å². The Kier molecular flexibility index (Phi) is 5.48. The van der Waals surface area contributed by atoms with Crippen LogP contribution in [0.4, 0.5) is 0 Å². The van der Waals surface area contributed by atoms with Gasteiger partial charge in [0.25, 0.3) is 5.91 Å². The average molecular weight is 311 g/mol. The molecule has 1 aliphatic carbocycles. The Morgan fingerprint density at radius 3 is 2.70 bits per heavy atom. The zero-order valence-corrected chi connectivity index (χ0v) is 14.4. The van der Waals surface area contributed by atoms with Crippen molar-refractivity contribution in [2.45, 2.75) is 47.0 Å². The quantitative estimate of drug-likeness (QED) is 0.667. The van der Waals surface area contributed by atoms with Crippen LogP contribution in [-0.2, 0) is 0 Å².